The van der Waals surface area contributed by atoms with Crippen LogP contribution < -0.4 is 5.73 Å². The van der Waals surface area contributed by atoms with Crippen LogP contribution in [0.3, 0.4) is 0 Å². The molecule has 1 aliphatic carbocycles. The molecule has 0 fully saturated rings. The molecule has 0 aromatic carbocycles. The van der Waals surface area contributed by atoms with Crippen LogP contribution in [0.25, 0.3) is 0 Å². The number of carbonyl (C=O) groups excluding carboxylic acids is 1. The number of carbonyl (C=O) groups is 1. The van der Waals surface area contributed by atoms with Gasteiger partial charge in [0.05, 0.1) is 0 Å². The van der Waals surface area contributed by atoms with Gasteiger partial charge in [-0.3, -0.25) is 4.79 Å². The largest absolute Gasteiger partial charge is 0.402 e. The third-order valence-corrected chi connectivity index (χ3v) is 3.72. The van der Waals surface area contributed by atoms with E-state index < -0.39 is 0 Å². The number of ketones is 1. The van der Waals surface area contributed by atoms with Crippen molar-refractivity contribution in [1.82, 2.24) is 0 Å². The minimum atomic E-state index is -0.000231. The van der Waals surface area contributed by atoms with Gasteiger partial charge in [-0.25, -0.2) is 0 Å². The standard InChI is InChI=1S/C14H23NO/c1-9-7-6-8-14(4,5)12(9)13(16)10(2)11(3)15/h7,12H,6,8,15H2,1-5H3. The van der Waals surface area contributed by atoms with Crippen LogP contribution in [0.2, 0.25) is 0 Å². The lowest BCUT2D eigenvalue weighted by Crippen LogP contribution is -2.35. The van der Waals surface area contributed by atoms with Crippen LogP contribution in [0.5, 0.6) is 0 Å². The molecule has 0 spiro atoms. The van der Waals surface area contributed by atoms with E-state index >= 15 is 0 Å². The molecule has 0 heterocycles. The first-order valence-corrected chi connectivity index (χ1v) is 5.91. The molecule has 1 unspecified atom stereocenters. The number of hydrogen-bond donors (Lipinski definition) is 1. The quantitative estimate of drug-likeness (QED) is 0.575. The van der Waals surface area contributed by atoms with Crippen molar-refractivity contribution in [3.8, 4) is 0 Å². The minimum Gasteiger partial charge on any atom is -0.402 e. The predicted molar refractivity (Wildman–Crippen MR) is 67.8 cm³/mol. The van der Waals surface area contributed by atoms with Crippen LogP contribution in [-0.2, 0) is 4.79 Å². The summed E-state index contributed by atoms with van der Waals surface area (Å²) in [5, 5.41) is 0. The molecular weight excluding hydrogens is 198 g/mol. The lowest BCUT2D eigenvalue weighted by molar-refractivity contribution is -0.121. The molecule has 0 aromatic rings. The Hall–Kier alpha value is -1.05. The molecule has 1 atom stereocenters. The Morgan fingerprint density at radius 3 is 2.44 bits per heavy atom. The second kappa shape index (κ2) is 4.44. The molecule has 0 saturated carbocycles. The van der Waals surface area contributed by atoms with Crippen LogP contribution in [-0.4, -0.2) is 5.78 Å². The van der Waals surface area contributed by atoms with Gasteiger partial charge in [-0.2, -0.15) is 0 Å². The zero-order valence-electron chi connectivity index (χ0n) is 11.1. The maximum absolute atomic E-state index is 12.4. The molecule has 0 radical (unpaired) electrons. The molecule has 1 aliphatic rings. The monoisotopic (exact) mass is 221 g/mol. The summed E-state index contributed by atoms with van der Waals surface area (Å²) >= 11 is 0. The number of nitrogens with two attached hydrogens (primary N) is 1. The lowest BCUT2D eigenvalue weighted by atomic mass is 9.66. The van der Waals surface area contributed by atoms with Gasteiger partial charge in [-0.1, -0.05) is 25.5 Å². The minimum absolute atomic E-state index is 0.000231. The van der Waals surface area contributed by atoms with Crippen LogP contribution in [0, 0.1) is 11.3 Å². The SMILES string of the molecule is CC1=CCCC(C)(C)C1C(=O)C(C)=C(C)N. The first-order chi connectivity index (χ1) is 7.27. The second-order valence-electron chi connectivity index (χ2n) is 5.58. The molecule has 0 saturated heterocycles. The fourth-order valence-corrected chi connectivity index (χ4v) is 2.52. The Kier molecular flexibility index (Phi) is 3.61. The first-order valence-electron chi connectivity index (χ1n) is 5.91. The normalized spacial score (nSPS) is 25.8. The van der Waals surface area contributed by atoms with E-state index in [4.69, 9.17) is 5.73 Å². The van der Waals surface area contributed by atoms with Gasteiger partial charge in [-0.15, -0.1) is 0 Å². The molecule has 2 nitrogen and oxygen atoms in total. The number of rotatable bonds is 2. The molecule has 0 aromatic heterocycles. The number of Topliss-reactive ketones (excluding diaryl/α,β-unsaturated/α-hetero) is 1. The number of allylic oxidation sites excluding steroid dienone is 4. The highest BCUT2D eigenvalue weighted by Gasteiger charge is 2.38. The van der Waals surface area contributed by atoms with Crippen molar-refractivity contribution in [2.75, 3.05) is 0 Å². The fourth-order valence-electron chi connectivity index (χ4n) is 2.52. The van der Waals surface area contributed by atoms with Gasteiger partial charge in [0.15, 0.2) is 5.78 Å². The van der Waals surface area contributed by atoms with E-state index in [1.807, 2.05) is 6.92 Å². The number of hydrogen-bond acceptors (Lipinski definition) is 2. The van der Waals surface area contributed by atoms with Crippen LogP contribution in [0.1, 0.15) is 47.5 Å². The van der Waals surface area contributed by atoms with Crippen molar-refractivity contribution in [3.05, 3.63) is 22.9 Å². The van der Waals surface area contributed by atoms with Gasteiger partial charge >= 0.3 is 0 Å². The highest BCUT2D eigenvalue weighted by molar-refractivity contribution is 5.99. The zero-order valence-corrected chi connectivity index (χ0v) is 11.1. The molecule has 1 rings (SSSR count). The topological polar surface area (TPSA) is 43.1 Å². The Balaban J connectivity index is 3.11. The van der Waals surface area contributed by atoms with Crippen molar-refractivity contribution in [3.63, 3.8) is 0 Å². The Bertz CT molecular complexity index is 357. The Morgan fingerprint density at radius 2 is 2.00 bits per heavy atom. The van der Waals surface area contributed by atoms with E-state index in [2.05, 4.69) is 26.8 Å². The molecule has 0 bridgehead atoms. The molecule has 2 heteroatoms. The molecule has 90 valence electrons. The zero-order chi connectivity index (χ0) is 12.5. The van der Waals surface area contributed by atoms with Crippen LogP contribution in [0.4, 0.5) is 0 Å². The summed E-state index contributed by atoms with van der Waals surface area (Å²) in [6.07, 6.45) is 4.33. The molecular formula is C14H23NO. The lowest BCUT2D eigenvalue weighted by Gasteiger charge is -2.37. The third kappa shape index (κ3) is 2.37. The van der Waals surface area contributed by atoms with Crippen molar-refractivity contribution in [2.24, 2.45) is 17.1 Å². The summed E-state index contributed by atoms with van der Waals surface area (Å²) in [7, 11) is 0. The Morgan fingerprint density at radius 1 is 1.44 bits per heavy atom. The van der Waals surface area contributed by atoms with Crippen molar-refractivity contribution >= 4 is 5.78 Å². The molecule has 0 aliphatic heterocycles. The average Bonchev–Trinajstić information content (AvgIpc) is 2.14. The summed E-state index contributed by atoms with van der Waals surface area (Å²) in [6.45, 7) is 10.0. The maximum atomic E-state index is 12.4. The molecule has 2 N–H and O–H groups in total. The summed E-state index contributed by atoms with van der Waals surface area (Å²) in [5.41, 5.74) is 8.31. The molecule has 0 amide bonds. The maximum Gasteiger partial charge on any atom is 0.167 e. The fraction of sp³-hybridized carbons (Fsp3) is 0.643. The highest BCUT2D eigenvalue weighted by Crippen LogP contribution is 2.42. The van der Waals surface area contributed by atoms with E-state index in [-0.39, 0.29) is 17.1 Å². The van der Waals surface area contributed by atoms with Crippen molar-refractivity contribution in [1.29, 1.82) is 0 Å². The second-order valence-corrected chi connectivity index (χ2v) is 5.58. The van der Waals surface area contributed by atoms with E-state index in [1.165, 1.54) is 5.57 Å². The Labute approximate surface area is 98.6 Å². The van der Waals surface area contributed by atoms with Crippen LogP contribution in [0.15, 0.2) is 22.9 Å². The van der Waals surface area contributed by atoms with Crippen LogP contribution >= 0.6 is 0 Å². The van der Waals surface area contributed by atoms with Gasteiger partial charge in [0.25, 0.3) is 0 Å². The van der Waals surface area contributed by atoms with Crippen molar-refractivity contribution < 1.29 is 4.79 Å². The highest BCUT2D eigenvalue weighted by atomic mass is 16.1. The van der Waals surface area contributed by atoms with Gasteiger partial charge in [0, 0.05) is 17.2 Å². The van der Waals surface area contributed by atoms with E-state index in [0.29, 0.717) is 11.3 Å². The van der Waals surface area contributed by atoms with Gasteiger partial charge < -0.3 is 5.73 Å². The smallest absolute Gasteiger partial charge is 0.167 e. The van der Waals surface area contributed by atoms with Gasteiger partial charge in [0.1, 0.15) is 0 Å². The predicted octanol–water partition coefficient (Wildman–Crippen LogP) is 3.19. The van der Waals surface area contributed by atoms with E-state index in [1.54, 1.807) is 6.92 Å². The van der Waals surface area contributed by atoms with E-state index in [0.717, 1.165) is 12.8 Å². The van der Waals surface area contributed by atoms with Gasteiger partial charge in [-0.05, 0) is 39.0 Å². The third-order valence-electron chi connectivity index (χ3n) is 3.72. The summed E-state index contributed by atoms with van der Waals surface area (Å²) < 4.78 is 0. The molecule has 16 heavy (non-hydrogen) atoms. The van der Waals surface area contributed by atoms with Crippen molar-refractivity contribution in [2.45, 2.75) is 47.5 Å². The summed E-state index contributed by atoms with van der Waals surface area (Å²) in [5.74, 6) is 0.193. The average molecular weight is 221 g/mol. The first kappa shape index (κ1) is 13.0. The summed E-state index contributed by atoms with van der Waals surface area (Å²) in [6, 6.07) is 0. The summed E-state index contributed by atoms with van der Waals surface area (Å²) in [4.78, 5) is 12.4. The van der Waals surface area contributed by atoms with Gasteiger partial charge in [0.2, 0.25) is 0 Å². The van der Waals surface area contributed by atoms with E-state index in [9.17, 15) is 4.79 Å².